The summed E-state index contributed by atoms with van der Waals surface area (Å²) >= 11 is 0. The van der Waals surface area contributed by atoms with Gasteiger partial charge in [-0.25, -0.2) is 0 Å². The molecule has 0 saturated carbocycles. The molecule has 0 spiro atoms. The number of ether oxygens (including phenoxy) is 3. The standard InChI is InChI=1S/C35H69O6P/c1-5-9-10-11-12-13-14-15-16-17-18-19-20-21-22-23-24-25-29-42(30-26-33(36)39-6-2,31-27-34(37)40-7-3)32-28-35(38)41-8-4/h42H,5-32H2,1-4H3. The first-order valence-corrected chi connectivity index (χ1v) is 20.7. The first-order chi connectivity index (χ1) is 20.4. The van der Waals surface area contributed by atoms with Crippen LogP contribution >= 0.6 is 7.26 Å². The van der Waals surface area contributed by atoms with Gasteiger partial charge in [0.25, 0.3) is 0 Å². The Balaban J connectivity index is 4.40. The first-order valence-electron chi connectivity index (χ1n) is 17.9. The van der Waals surface area contributed by atoms with E-state index in [4.69, 9.17) is 14.2 Å². The Hall–Kier alpha value is -1.16. The Labute approximate surface area is 260 Å². The number of esters is 3. The molecule has 0 aliphatic rings. The van der Waals surface area contributed by atoms with E-state index < -0.39 is 7.26 Å². The van der Waals surface area contributed by atoms with Crippen LogP contribution in [0.25, 0.3) is 0 Å². The van der Waals surface area contributed by atoms with Crippen LogP contribution in [-0.4, -0.2) is 62.4 Å². The molecule has 0 fully saturated rings. The second-order valence-electron chi connectivity index (χ2n) is 12.2. The monoisotopic (exact) mass is 616 g/mol. The minimum atomic E-state index is -2.08. The van der Waals surface area contributed by atoms with E-state index in [1.165, 1.54) is 109 Å². The summed E-state index contributed by atoms with van der Waals surface area (Å²) in [4.78, 5) is 36.7. The predicted molar refractivity (Wildman–Crippen MR) is 180 cm³/mol. The zero-order valence-corrected chi connectivity index (χ0v) is 29.2. The molecule has 0 heterocycles. The zero-order chi connectivity index (χ0) is 31.2. The third-order valence-corrected chi connectivity index (χ3v) is 13.9. The van der Waals surface area contributed by atoms with Crippen molar-refractivity contribution in [1.29, 1.82) is 0 Å². The summed E-state index contributed by atoms with van der Waals surface area (Å²) < 4.78 is 15.6. The molecule has 0 aliphatic heterocycles. The fourth-order valence-corrected chi connectivity index (χ4v) is 10.7. The molecule has 0 N–H and O–H groups in total. The summed E-state index contributed by atoms with van der Waals surface area (Å²) in [6, 6.07) is 0. The number of carbonyl (C=O) groups is 3. The van der Waals surface area contributed by atoms with Gasteiger partial charge in [-0.05, 0) is 0 Å². The van der Waals surface area contributed by atoms with Crippen molar-refractivity contribution < 1.29 is 28.6 Å². The molecule has 0 atom stereocenters. The van der Waals surface area contributed by atoms with Crippen LogP contribution in [0.2, 0.25) is 0 Å². The molecular formula is C35H69O6P. The zero-order valence-electron chi connectivity index (χ0n) is 28.2. The third kappa shape index (κ3) is 25.3. The van der Waals surface area contributed by atoms with E-state index >= 15 is 0 Å². The van der Waals surface area contributed by atoms with E-state index in [-0.39, 0.29) is 17.9 Å². The van der Waals surface area contributed by atoms with Crippen molar-refractivity contribution in [1.82, 2.24) is 0 Å². The first kappa shape index (κ1) is 40.8. The van der Waals surface area contributed by atoms with E-state index in [0.29, 0.717) is 39.1 Å². The van der Waals surface area contributed by atoms with Gasteiger partial charge in [-0.2, -0.15) is 0 Å². The van der Waals surface area contributed by atoms with Crippen LogP contribution in [0.3, 0.4) is 0 Å². The summed E-state index contributed by atoms with van der Waals surface area (Å²) in [5, 5.41) is 0. The van der Waals surface area contributed by atoms with Crippen LogP contribution in [0.4, 0.5) is 0 Å². The molecular weight excluding hydrogens is 547 g/mol. The summed E-state index contributed by atoms with van der Waals surface area (Å²) in [7, 11) is -2.08. The number of carbonyl (C=O) groups excluding carboxylic acids is 3. The van der Waals surface area contributed by atoms with Crippen LogP contribution < -0.4 is 0 Å². The average Bonchev–Trinajstić information content (AvgIpc) is 2.97. The molecule has 6 nitrogen and oxygen atoms in total. The van der Waals surface area contributed by atoms with Gasteiger partial charge < -0.3 is 0 Å². The fraction of sp³-hybridized carbons (Fsp3) is 0.914. The molecule has 0 bridgehead atoms. The van der Waals surface area contributed by atoms with Crippen LogP contribution in [0.1, 0.15) is 163 Å². The van der Waals surface area contributed by atoms with Crippen molar-refractivity contribution in [2.45, 2.75) is 163 Å². The van der Waals surface area contributed by atoms with Gasteiger partial charge in [-0.15, -0.1) is 0 Å². The maximum atomic E-state index is 12.2. The number of unbranched alkanes of at least 4 members (excludes halogenated alkanes) is 17. The van der Waals surface area contributed by atoms with Gasteiger partial charge in [-0.3, -0.25) is 0 Å². The Morgan fingerprint density at radius 3 is 0.905 bits per heavy atom. The maximum absolute atomic E-state index is 12.2. The molecule has 0 aromatic carbocycles. The second-order valence-corrected chi connectivity index (χ2v) is 17.2. The van der Waals surface area contributed by atoms with E-state index in [9.17, 15) is 14.4 Å². The Kier molecular flexibility index (Phi) is 29.1. The van der Waals surface area contributed by atoms with Crippen LogP contribution in [0.15, 0.2) is 0 Å². The van der Waals surface area contributed by atoms with Gasteiger partial charge in [0.1, 0.15) is 0 Å². The van der Waals surface area contributed by atoms with Gasteiger partial charge in [0.15, 0.2) is 0 Å². The van der Waals surface area contributed by atoms with E-state index in [2.05, 4.69) is 6.92 Å². The Morgan fingerprint density at radius 2 is 0.643 bits per heavy atom. The molecule has 0 rings (SSSR count). The minimum absolute atomic E-state index is 0.181. The molecule has 0 unspecified atom stereocenters. The molecule has 0 amide bonds. The average molecular weight is 617 g/mol. The number of rotatable bonds is 31. The number of hydrogen-bond acceptors (Lipinski definition) is 6. The van der Waals surface area contributed by atoms with Crippen LogP contribution in [0.5, 0.6) is 0 Å². The molecule has 0 aromatic rings. The molecule has 250 valence electrons. The molecule has 0 radical (unpaired) electrons. The number of hydrogen-bond donors (Lipinski definition) is 0. The van der Waals surface area contributed by atoms with Crippen molar-refractivity contribution in [3.8, 4) is 0 Å². The van der Waals surface area contributed by atoms with Crippen molar-refractivity contribution >= 4 is 25.2 Å². The van der Waals surface area contributed by atoms with Crippen molar-refractivity contribution in [2.75, 3.05) is 44.5 Å². The van der Waals surface area contributed by atoms with E-state index in [1.54, 1.807) is 0 Å². The molecule has 7 heteroatoms. The van der Waals surface area contributed by atoms with Gasteiger partial charge in [0.05, 0.1) is 0 Å². The summed E-state index contributed by atoms with van der Waals surface area (Å²) in [6.45, 7) is 8.86. The molecule has 0 saturated heterocycles. The van der Waals surface area contributed by atoms with Gasteiger partial charge in [0.2, 0.25) is 0 Å². The van der Waals surface area contributed by atoms with Crippen LogP contribution in [-0.2, 0) is 28.6 Å². The fourth-order valence-electron chi connectivity index (χ4n) is 5.95. The van der Waals surface area contributed by atoms with E-state index in [0.717, 1.165) is 31.1 Å². The topological polar surface area (TPSA) is 78.9 Å². The van der Waals surface area contributed by atoms with Gasteiger partial charge in [-0.1, -0.05) is 51.9 Å². The van der Waals surface area contributed by atoms with Gasteiger partial charge in [0, 0.05) is 0 Å². The Morgan fingerprint density at radius 1 is 0.381 bits per heavy atom. The third-order valence-electron chi connectivity index (χ3n) is 8.55. The van der Waals surface area contributed by atoms with Gasteiger partial charge >= 0.3 is 209 Å². The van der Waals surface area contributed by atoms with Crippen LogP contribution in [0, 0.1) is 0 Å². The second kappa shape index (κ2) is 29.9. The predicted octanol–water partition coefficient (Wildman–Crippen LogP) is 9.64. The molecule has 0 aromatic heterocycles. The van der Waals surface area contributed by atoms with Crippen molar-refractivity contribution in [3.05, 3.63) is 0 Å². The van der Waals surface area contributed by atoms with Crippen molar-refractivity contribution in [2.24, 2.45) is 0 Å². The summed E-state index contributed by atoms with van der Waals surface area (Å²) in [5.41, 5.74) is 0. The molecule has 42 heavy (non-hydrogen) atoms. The SMILES string of the molecule is CCCCCCCCCCCCCCCCCCCC[PH](CCC(=O)OCC)(CCC(=O)OCC)CCC(=O)OCC. The normalized spacial score (nSPS) is 11.8. The quantitative estimate of drug-likeness (QED) is 0.0334. The Bertz CT molecular complexity index is 598. The van der Waals surface area contributed by atoms with E-state index in [1.807, 2.05) is 20.8 Å². The molecule has 0 aliphatic carbocycles. The summed E-state index contributed by atoms with van der Waals surface area (Å²) in [6.07, 6.45) is 28.6. The summed E-state index contributed by atoms with van der Waals surface area (Å²) in [5.74, 6) is -0.543. The van der Waals surface area contributed by atoms with Crippen molar-refractivity contribution in [3.63, 3.8) is 0 Å².